The molecule has 4 nitrogen and oxygen atoms in total. The van der Waals surface area contributed by atoms with E-state index >= 15 is 0 Å². The molecular weight excluding hydrogens is 278 g/mol. The Morgan fingerprint density at radius 1 is 1.50 bits per heavy atom. The minimum absolute atomic E-state index is 0.138. The summed E-state index contributed by atoms with van der Waals surface area (Å²) in [4.78, 5) is 14.0. The van der Waals surface area contributed by atoms with Gasteiger partial charge in [-0.05, 0) is 30.0 Å². The molecule has 20 heavy (non-hydrogen) atoms. The van der Waals surface area contributed by atoms with Gasteiger partial charge < -0.3 is 15.1 Å². The topological polar surface area (TPSA) is 60.8 Å². The van der Waals surface area contributed by atoms with Crippen LogP contribution < -0.4 is 0 Å². The second-order valence-corrected chi connectivity index (χ2v) is 5.98. The quantitative estimate of drug-likeness (QED) is 0.897. The number of β-amino-alcohol motifs (C(OH)–C–C–N with tert-alkyl or cyclic N) is 1. The summed E-state index contributed by atoms with van der Waals surface area (Å²) in [6.45, 7) is 4.21. The van der Waals surface area contributed by atoms with Crippen molar-refractivity contribution >= 4 is 17.5 Å². The van der Waals surface area contributed by atoms with Crippen LogP contribution in [0.1, 0.15) is 42.1 Å². The number of benzene rings is 1. The Bertz CT molecular complexity index is 504. The summed E-state index contributed by atoms with van der Waals surface area (Å²) < 4.78 is 0. The van der Waals surface area contributed by atoms with E-state index in [4.69, 9.17) is 11.6 Å². The normalized spacial score (nSPS) is 22.6. The predicted molar refractivity (Wildman–Crippen MR) is 78.1 cm³/mol. The highest BCUT2D eigenvalue weighted by Crippen LogP contribution is 2.27. The van der Waals surface area contributed by atoms with Gasteiger partial charge in [0, 0.05) is 17.1 Å². The van der Waals surface area contributed by atoms with Crippen LogP contribution in [0.25, 0.3) is 0 Å². The number of carbonyl (C=O) groups is 1. The molecule has 1 amide bonds. The SMILES string of the molecule is CC(C)c1ccc(C(=O)N2C[C@H](O)C[C@H]2CO)cc1Cl. The molecule has 1 aromatic carbocycles. The van der Waals surface area contributed by atoms with E-state index in [0.29, 0.717) is 22.9 Å². The molecule has 0 saturated carbocycles. The molecule has 1 saturated heterocycles. The summed E-state index contributed by atoms with van der Waals surface area (Å²) >= 11 is 6.20. The smallest absolute Gasteiger partial charge is 0.254 e. The van der Waals surface area contributed by atoms with Crippen molar-refractivity contribution in [2.75, 3.05) is 13.2 Å². The number of hydrogen-bond acceptors (Lipinski definition) is 3. The fourth-order valence-corrected chi connectivity index (χ4v) is 3.01. The van der Waals surface area contributed by atoms with Crippen LogP contribution in [0.5, 0.6) is 0 Å². The van der Waals surface area contributed by atoms with E-state index in [9.17, 15) is 15.0 Å². The van der Waals surface area contributed by atoms with Gasteiger partial charge in [0.15, 0.2) is 0 Å². The van der Waals surface area contributed by atoms with Gasteiger partial charge >= 0.3 is 0 Å². The molecule has 2 N–H and O–H groups in total. The van der Waals surface area contributed by atoms with Crippen LogP contribution in [0, 0.1) is 0 Å². The molecular formula is C15H20ClNO3. The van der Waals surface area contributed by atoms with Crippen molar-refractivity contribution in [2.45, 2.75) is 38.3 Å². The third kappa shape index (κ3) is 2.97. The van der Waals surface area contributed by atoms with E-state index in [1.165, 1.54) is 4.90 Å². The van der Waals surface area contributed by atoms with Crippen LogP contribution in [-0.2, 0) is 0 Å². The van der Waals surface area contributed by atoms with Crippen LogP contribution in [0.15, 0.2) is 18.2 Å². The third-order valence-electron chi connectivity index (χ3n) is 3.73. The van der Waals surface area contributed by atoms with Gasteiger partial charge in [0.1, 0.15) is 0 Å². The van der Waals surface area contributed by atoms with Crippen molar-refractivity contribution in [3.05, 3.63) is 34.3 Å². The molecule has 1 aromatic rings. The maximum Gasteiger partial charge on any atom is 0.254 e. The number of hydrogen-bond donors (Lipinski definition) is 2. The van der Waals surface area contributed by atoms with E-state index < -0.39 is 6.10 Å². The van der Waals surface area contributed by atoms with Crippen molar-refractivity contribution in [3.8, 4) is 0 Å². The van der Waals surface area contributed by atoms with Gasteiger partial charge in [0.2, 0.25) is 0 Å². The van der Waals surface area contributed by atoms with Gasteiger partial charge in [-0.1, -0.05) is 31.5 Å². The van der Waals surface area contributed by atoms with Crippen LogP contribution in [0.4, 0.5) is 0 Å². The Morgan fingerprint density at radius 3 is 2.75 bits per heavy atom. The first-order chi connectivity index (χ1) is 9.43. The van der Waals surface area contributed by atoms with E-state index in [0.717, 1.165) is 5.56 Å². The fraction of sp³-hybridized carbons (Fsp3) is 0.533. The predicted octanol–water partition coefficient (Wildman–Crippen LogP) is 2.03. The molecule has 110 valence electrons. The minimum Gasteiger partial charge on any atom is -0.394 e. The number of carbonyl (C=O) groups excluding carboxylic acids is 1. The molecule has 5 heteroatoms. The summed E-state index contributed by atoms with van der Waals surface area (Å²) in [5.41, 5.74) is 1.50. The summed E-state index contributed by atoms with van der Waals surface area (Å²) in [5, 5.41) is 19.5. The first kappa shape index (κ1) is 15.3. The summed E-state index contributed by atoms with van der Waals surface area (Å²) in [7, 11) is 0. The highest BCUT2D eigenvalue weighted by Gasteiger charge is 2.34. The number of amides is 1. The van der Waals surface area contributed by atoms with E-state index in [1.54, 1.807) is 12.1 Å². The van der Waals surface area contributed by atoms with Crippen molar-refractivity contribution in [2.24, 2.45) is 0 Å². The highest BCUT2D eigenvalue weighted by atomic mass is 35.5. The van der Waals surface area contributed by atoms with E-state index in [2.05, 4.69) is 0 Å². The van der Waals surface area contributed by atoms with Gasteiger partial charge in [0.05, 0.1) is 18.8 Å². The van der Waals surface area contributed by atoms with Crippen molar-refractivity contribution < 1.29 is 15.0 Å². The summed E-state index contributed by atoms with van der Waals surface area (Å²) in [5.74, 6) is 0.100. The third-order valence-corrected chi connectivity index (χ3v) is 4.06. The number of aliphatic hydroxyl groups is 2. The zero-order valence-electron chi connectivity index (χ0n) is 11.7. The molecule has 0 radical (unpaired) electrons. The second kappa shape index (κ2) is 6.12. The maximum absolute atomic E-state index is 12.4. The molecule has 1 fully saturated rings. The van der Waals surface area contributed by atoms with Crippen LogP contribution in [-0.4, -0.2) is 46.3 Å². The van der Waals surface area contributed by atoms with Crippen molar-refractivity contribution in [3.63, 3.8) is 0 Å². The zero-order valence-corrected chi connectivity index (χ0v) is 12.5. The molecule has 0 aliphatic carbocycles. The Hall–Kier alpha value is -1.10. The number of halogens is 1. The molecule has 0 unspecified atom stereocenters. The first-order valence-electron chi connectivity index (χ1n) is 6.83. The standard InChI is InChI=1S/C15H20ClNO3/c1-9(2)13-4-3-10(5-14(13)16)15(20)17-7-12(19)6-11(17)8-18/h3-5,9,11-12,18-19H,6-8H2,1-2H3/t11-,12+/m0/s1. The van der Waals surface area contributed by atoms with Gasteiger partial charge in [-0.15, -0.1) is 0 Å². The Labute approximate surface area is 124 Å². The van der Waals surface area contributed by atoms with Gasteiger partial charge in [-0.25, -0.2) is 0 Å². The van der Waals surface area contributed by atoms with Gasteiger partial charge in [0.25, 0.3) is 5.91 Å². The van der Waals surface area contributed by atoms with Crippen LogP contribution in [0.2, 0.25) is 5.02 Å². The fourth-order valence-electron chi connectivity index (χ4n) is 2.61. The number of likely N-dealkylation sites (tertiary alicyclic amines) is 1. The molecule has 0 spiro atoms. The average Bonchev–Trinajstić information content (AvgIpc) is 2.78. The Kier molecular flexibility index (Phi) is 4.68. The largest absolute Gasteiger partial charge is 0.394 e. The molecule has 1 aliphatic heterocycles. The van der Waals surface area contributed by atoms with Crippen LogP contribution in [0.3, 0.4) is 0 Å². The number of nitrogens with zero attached hydrogens (tertiary/aromatic N) is 1. The lowest BCUT2D eigenvalue weighted by Crippen LogP contribution is -2.38. The lowest BCUT2D eigenvalue weighted by atomic mass is 10.0. The second-order valence-electron chi connectivity index (χ2n) is 5.57. The molecule has 0 bridgehead atoms. The van der Waals surface area contributed by atoms with Gasteiger partial charge in [-0.2, -0.15) is 0 Å². The lowest BCUT2D eigenvalue weighted by molar-refractivity contribution is 0.0665. The monoisotopic (exact) mass is 297 g/mol. The van der Waals surface area contributed by atoms with E-state index in [-0.39, 0.29) is 25.1 Å². The lowest BCUT2D eigenvalue weighted by Gasteiger charge is -2.23. The summed E-state index contributed by atoms with van der Waals surface area (Å²) in [6, 6.07) is 4.96. The minimum atomic E-state index is -0.568. The Balaban J connectivity index is 2.23. The van der Waals surface area contributed by atoms with E-state index in [1.807, 2.05) is 19.9 Å². The number of rotatable bonds is 3. The molecule has 1 aliphatic rings. The zero-order chi connectivity index (χ0) is 14.9. The first-order valence-corrected chi connectivity index (χ1v) is 7.21. The number of aliphatic hydroxyl groups excluding tert-OH is 2. The summed E-state index contributed by atoms with van der Waals surface area (Å²) in [6.07, 6.45) is -0.151. The average molecular weight is 298 g/mol. The van der Waals surface area contributed by atoms with Crippen molar-refractivity contribution in [1.82, 2.24) is 4.90 Å². The molecule has 2 rings (SSSR count). The maximum atomic E-state index is 12.4. The molecule has 0 aromatic heterocycles. The highest BCUT2D eigenvalue weighted by molar-refractivity contribution is 6.31. The molecule has 1 heterocycles. The Morgan fingerprint density at radius 2 is 2.20 bits per heavy atom. The van der Waals surface area contributed by atoms with Crippen LogP contribution >= 0.6 is 11.6 Å². The molecule has 2 atom stereocenters. The van der Waals surface area contributed by atoms with Gasteiger partial charge in [-0.3, -0.25) is 4.79 Å². The van der Waals surface area contributed by atoms with Crippen molar-refractivity contribution in [1.29, 1.82) is 0 Å².